The van der Waals surface area contributed by atoms with Gasteiger partial charge >= 0.3 is 5.97 Å². The summed E-state index contributed by atoms with van der Waals surface area (Å²) in [5.74, 6) is 0.345. The van der Waals surface area contributed by atoms with Gasteiger partial charge in [0.15, 0.2) is 0 Å². The second-order valence-electron chi connectivity index (χ2n) is 4.63. The van der Waals surface area contributed by atoms with Crippen molar-refractivity contribution in [3.63, 3.8) is 0 Å². The van der Waals surface area contributed by atoms with E-state index in [1.807, 2.05) is 37.3 Å². The summed E-state index contributed by atoms with van der Waals surface area (Å²) in [5.41, 5.74) is 2.70. The lowest BCUT2D eigenvalue weighted by Gasteiger charge is -2.11. The van der Waals surface area contributed by atoms with E-state index in [0.717, 1.165) is 34.9 Å². The van der Waals surface area contributed by atoms with E-state index in [9.17, 15) is 4.79 Å². The summed E-state index contributed by atoms with van der Waals surface area (Å²) < 4.78 is 5.86. The first-order valence-electron chi connectivity index (χ1n) is 6.73. The Morgan fingerprint density at radius 3 is 2.81 bits per heavy atom. The first-order chi connectivity index (χ1) is 10.1. The molecule has 0 saturated heterocycles. The van der Waals surface area contributed by atoms with Crippen molar-refractivity contribution >= 4 is 12.0 Å². The molecule has 4 nitrogen and oxygen atoms in total. The van der Waals surface area contributed by atoms with Gasteiger partial charge < -0.3 is 9.84 Å². The van der Waals surface area contributed by atoms with Crippen molar-refractivity contribution < 1.29 is 14.6 Å². The molecule has 2 aromatic rings. The Morgan fingerprint density at radius 1 is 1.38 bits per heavy atom. The number of nitrogens with zero attached hydrogens (tertiary/aromatic N) is 1. The van der Waals surface area contributed by atoms with Gasteiger partial charge in [-0.3, -0.25) is 0 Å². The molecule has 4 heteroatoms. The standard InChI is InChI=1S/C17H17NO3/c1-3-14-6-4-5-7-15(14)21-17-12(2)10-13(11-18-17)8-9-16(19)20/h4-11H,3H2,1-2H3,(H,19,20)/b9-8+. The third-order valence-electron chi connectivity index (χ3n) is 3.03. The number of pyridine rings is 1. The minimum atomic E-state index is -0.982. The highest BCUT2D eigenvalue weighted by atomic mass is 16.5. The van der Waals surface area contributed by atoms with Gasteiger partial charge in [-0.15, -0.1) is 0 Å². The van der Waals surface area contributed by atoms with E-state index in [1.165, 1.54) is 6.08 Å². The van der Waals surface area contributed by atoms with Gasteiger partial charge in [-0.25, -0.2) is 9.78 Å². The van der Waals surface area contributed by atoms with Crippen LogP contribution in [-0.2, 0) is 11.2 Å². The molecule has 0 unspecified atom stereocenters. The Hall–Kier alpha value is -2.62. The number of carboxylic acids is 1. The topological polar surface area (TPSA) is 59.4 Å². The zero-order valence-electron chi connectivity index (χ0n) is 12.0. The SMILES string of the molecule is CCc1ccccc1Oc1ncc(/C=C/C(=O)O)cc1C. The van der Waals surface area contributed by atoms with Gasteiger partial charge in [0, 0.05) is 17.8 Å². The Balaban J connectivity index is 2.23. The van der Waals surface area contributed by atoms with Crippen LogP contribution in [0.25, 0.3) is 6.08 Å². The van der Waals surface area contributed by atoms with Gasteiger partial charge in [0.1, 0.15) is 5.75 Å². The molecule has 21 heavy (non-hydrogen) atoms. The van der Waals surface area contributed by atoms with Crippen molar-refractivity contribution in [2.45, 2.75) is 20.3 Å². The van der Waals surface area contributed by atoms with E-state index in [-0.39, 0.29) is 0 Å². The zero-order chi connectivity index (χ0) is 15.2. The Morgan fingerprint density at radius 2 is 2.14 bits per heavy atom. The summed E-state index contributed by atoms with van der Waals surface area (Å²) in [7, 11) is 0. The number of ether oxygens (including phenoxy) is 1. The van der Waals surface area contributed by atoms with Crippen molar-refractivity contribution in [1.82, 2.24) is 4.98 Å². The summed E-state index contributed by atoms with van der Waals surface area (Å²) >= 11 is 0. The van der Waals surface area contributed by atoms with Crippen LogP contribution < -0.4 is 4.74 Å². The van der Waals surface area contributed by atoms with Crippen molar-refractivity contribution in [2.75, 3.05) is 0 Å². The number of para-hydroxylation sites is 1. The Kier molecular flexibility index (Phi) is 4.72. The number of aliphatic carboxylic acids is 1. The number of hydrogen-bond donors (Lipinski definition) is 1. The average molecular weight is 283 g/mol. The van der Waals surface area contributed by atoms with Crippen molar-refractivity contribution in [1.29, 1.82) is 0 Å². The van der Waals surface area contributed by atoms with Crippen LogP contribution in [0.4, 0.5) is 0 Å². The summed E-state index contributed by atoms with van der Waals surface area (Å²) in [4.78, 5) is 14.8. The van der Waals surface area contributed by atoms with E-state index in [0.29, 0.717) is 5.88 Å². The Labute approximate surface area is 123 Å². The molecule has 0 amide bonds. The van der Waals surface area contributed by atoms with E-state index in [1.54, 1.807) is 6.20 Å². The smallest absolute Gasteiger partial charge is 0.328 e. The Bertz CT molecular complexity index is 677. The molecule has 0 aliphatic rings. The lowest BCUT2D eigenvalue weighted by atomic mass is 10.1. The predicted molar refractivity (Wildman–Crippen MR) is 81.5 cm³/mol. The second-order valence-corrected chi connectivity index (χ2v) is 4.63. The molecule has 1 N–H and O–H groups in total. The minimum Gasteiger partial charge on any atom is -0.478 e. The molecule has 0 bridgehead atoms. The van der Waals surface area contributed by atoms with Crippen LogP contribution >= 0.6 is 0 Å². The molecular weight excluding hydrogens is 266 g/mol. The highest BCUT2D eigenvalue weighted by molar-refractivity contribution is 5.85. The van der Waals surface area contributed by atoms with Gasteiger partial charge in [-0.05, 0) is 42.7 Å². The summed E-state index contributed by atoms with van der Waals surface area (Å²) in [6.45, 7) is 3.96. The van der Waals surface area contributed by atoms with Crippen LogP contribution in [0.2, 0.25) is 0 Å². The van der Waals surface area contributed by atoms with Crippen molar-refractivity contribution in [2.24, 2.45) is 0 Å². The molecule has 0 spiro atoms. The number of carbonyl (C=O) groups is 1. The van der Waals surface area contributed by atoms with Crippen molar-refractivity contribution in [3.05, 3.63) is 59.3 Å². The number of carboxylic acid groups (broad SMARTS) is 1. The maximum Gasteiger partial charge on any atom is 0.328 e. The molecule has 0 radical (unpaired) electrons. The molecular formula is C17H17NO3. The first-order valence-corrected chi connectivity index (χ1v) is 6.73. The van der Waals surface area contributed by atoms with E-state index in [2.05, 4.69) is 11.9 Å². The molecule has 0 fully saturated rings. The number of aryl methyl sites for hydroxylation is 2. The number of hydrogen-bond acceptors (Lipinski definition) is 3. The lowest BCUT2D eigenvalue weighted by molar-refractivity contribution is -0.131. The van der Waals surface area contributed by atoms with Crippen LogP contribution in [0.15, 0.2) is 42.6 Å². The highest BCUT2D eigenvalue weighted by Gasteiger charge is 2.07. The highest BCUT2D eigenvalue weighted by Crippen LogP contribution is 2.26. The van der Waals surface area contributed by atoms with E-state index in [4.69, 9.17) is 9.84 Å². The van der Waals surface area contributed by atoms with Gasteiger partial charge in [-0.1, -0.05) is 25.1 Å². The van der Waals surface area contributed by atoms with E-state index >= 15 is 0 Å². The molecule has 0 saturated carbocycles. The largest absolute Gasteiger partial charge is 0.478 e. The van der Waals surface area contributed by atoms with Crippen LogP contribution in [0, 0.1) is 6.92 Å². The number of benzene rings is 1. The molecule has 1 heterocycles. The van der Waals surface area contributed by atoms with Gasteiger partial charge in [0.25, 0.3) is 0 Å². The third kappa shape index (κ3) is 3.92. The van der Waals surface area contributed by atoms with Crippen LogP contribution in [0.1, 0.15) is 23.6 Å². The fraction of sp³-hybridized carbons (Fsp3) is 0.176. The fourth-order valence-electron chi connectivity index (χ4n) is 1.95. The molecule has 1 aromatic carbocycles. The summed E-state index contributed by atoms with van der Waals surface area (Å²) in [6, 6.07) is 9.68. The van der Waals surface area contributed by atoms with Crippen LogP contribution in [0.5, 0.6) is 11.6 Å². The predicted octanol–water partition coefficient (Wildman–Crippen LogP) is 3.84. The summed E-state index contributed by atoms with van der Waals surface area (Å²) in [5, 5.41) is 8.62. The molecule has 0 aliphatic heterocycles. The van der Waals surface area contributed by atoms with Gasteiger partial charge in [0.2, 0.25) is 5.88 Å². The fourth-order valence-corrected chi connectivity index (χ4v) is 1.95. The molecule has 2 rings (SSSR count). The molecule has 1 aromatic heterocycles. The van der Waals surface area contributed by atoms with E-state index < -0.39 is 5.97 Å². The van der Waals surface area contributed by atoms with Crippen LogP contribution in [-0.4, -0.2) is 16.1 Å². The van der Waals surface area contributed by atoms with Gasteiger partial charge in [0.05, 0.1) is 0 Å². The van der Waals surface area contributed by atoms with Crippen LogP contribution in [0.3, 0.4) is 0 Å². The quantitative estimate of drug-likeness (QED) is 0.847. The zero-order valence-corrected chi connectivity index (χ0v) is 12.0. The second kappa shape index (κ2) is 6.70. The number of rotatable bonds is 5. The number of aromatic nitrogens is 1. The van der Waals surface area contributed by atoms with Crippen molar-refractivity contribution in [3.8, 4) is 11.6 Å². The maximum atomic E-state index is 10.5. The lowest BCUT2D eigenvalue weighted by Crippen LogP contribution is -1.95. The van der Waals surface area contributed by atoms with Gasteiger partial charge in [-0.2, -0.15) is 0 Å². The summed E-state index contributed by atoms with van der Waals surface area (Å²) in [6.07, 6.45) is 5.07. The maximum absolute atomic E-state index is 10.5. The average Bonchev–Trinajstić information content (AvgIpc) is 2.48. The molecule has 108 valence electrons. The molecule has 0 aliphatic carbocycles. The minimum absolute atomic E-state index is 0.531. The monoisotopic (exact) mass is 283 g/mol. The normalized spacial score (nSPS) is 10.8. The molecule has 0 atom stereocenters. The first kappa shape index (κ1) is 14.8. The third-order valence-corrected chi connectivity index (χ3v) is 3.03.